The topological polar surface area (TPSA) is 41.6 Å². The van der Waals surface area contributed by atoms with Crippen molar-refractivity contribution in [2.24, 2.45) is 0 Å². The second-order valence-electron chi connectivity index (χ2n) is 5.55. The molecule has 0 bridgehead atoms. The maximum atomic E-state index is 12.7. The lowest BCUT2D eigenvalue weighted by atomic mass is 10.2. The van der Waals surface area contributed by atoms with E-state index in [9.17, 15) is 4.79 Å². The Morgan fingerprint density at radius 2 is 2.04 bits per heavy atom. The summed E-state index contributed by atoms with van der Waals surface area (Å²) < 4.78 is 5.75. The molecule has 2 amide bonds. The van der Waals surface area contributed by atoms with Crippen LogP contribution in [0.1, 0.15) is 12.5 Å². The SMILES string of the molecule is Cc1ccc(NC(=O)N2C[C@H](C)Oc3ccc(Cl)cc32)cc1Cl. The van der Waals surface area contributed by atoms with Crippen molar-refractivity contribution < 1.29 is 9.53 Å². The highest BCUT2D eigenvalue weighted by Crippen LogP contribution is 2.36. The van der Waals surface area contributed by atoms with Crippen molar-refractivity contribution in [3.8, 4) is 5.75 Å². The van der Waals surface area contributed by atoms with Crippen LogP contribution in [-0.4, -0.2) is 18.7 Å². The third-order valence-electron chi connectivity index (χ3n) is 3.65. The lowest BCUT2D eigenvalue weighted by Gasteiger charge is -2.33. The fourth-order valence-corrected chi connectivity index (χ4v) is 2.81. The lowest BCUT2D eigenvalue weighted by molar-refractivity contribution is 0.208. The molecule has 4 nitrogen and oxygen atoms in total. The van der Waals surface area contributed by atoms with E-state index in [1.54, 1.807) is 29.2 Å². The van der Waals surface area contributed by atoms with Crippen LogP contribution < -0.4 is 15.0 Å². The van der Waals surface area contributed by atoms with Crippen molar-refractivity contribution >= 4 is 40.6 Å². The maximum absolute atomic E-state index is 12.7. The molecule has 0 aromatic heterocycles. The fourth-order valence-electron chi connectivity index (χ4n) is 2.46. The average molecular weight is 351 g/mol. The lowest BCUT2D eigenvalue weighted by Crippen LogP contribution is -2.44. The van der Waals surface area contributed by atoms with Crippen molar-refractivity contribution in [3.05, 3.63) is 52.0 Å². The number of carbonyl (C=O) groups is 1. The number of carbonyl (C=O) groups excluding carboxylic acids is 1. The zero-order valence-electron chi connectivity index (χ0n) is 12.8. The molecule has 6 heteroatoms. The molecule has 1 atom stereocenters. The number of nitrogens with zero attached hydrogens (tertiary/aromatic N) is 1. The van der Waals surface area contributed by atoms with Crippen molar-refractivity contribution in [2.45, 2.75) is 20.0 Å². The number of hydrogen-bond acceptors (Lipinski definition) is 2. The van der Waals surface area contributed by atoms with Gasteiger partial charge in [0.15, 0.2) is 0 Å². The van der Waals surface area contributed by atoms with E-state index in [-0.39, 0.29) is 12.1 Å². The first kappa shape index (κ1) is 16.0. The molecule has 0 saturated heterocycles. The van der Waals surface area contributed by atoms with Crippen LogP contribution in [0.4, 0.5) is 16.2 Å². The summed E-state index contributed by atoms with van der Waals surface area (Å²) in [4.78, 5) is 14.3. The van der Waals surface area contributed by atoms with Crippen molar-refractivity contribution in [2.75, 3.05) is 16.8 Å². The molecule has 0 aliphatic carbocycles. The van der Waals surface area contributed by atoms with Gasteiger partial charge in [-0.05, 0) is 49.7 Å². The summed E-state index contributed by atoms with van der Waals surface area (Å²) in [6, 6.07) is 10.4. The quantitative estimate of drug-likeness (QED) is 0.775. The van der Waals surface area contributed by atoms with Crippen LogP contribution in [-0.2, 0) is 0 Å². The van der Waals surface area contributed by atoms with Gasteiger partial charge in [-0.1, -0.05) is 29.3 Å². The van der Waals surface area contributed by atoms with E-state index >= 15 is 0 Å². The van der Waals surface area contributed by atoms with Gasteiger partial charge in [0, 0.05) is 15.7 Å². The Morgan fingerprint density at radius 1 is 1.26 bits per heavy atom. The van der Waals surface area contributed by atoms with Crippen LogP contribution >= 0.6 is 23.2 Å². The summed E-state index contributed by atoms with van der Waals surface area (Å²) in [5, 5.41) is 4.03. The minimum absolute atomic E-state index is 0.101. The molecule has 2 aromatic rings. The minimum atomic E-state index is -0.247. The molecular formula is C17H16Cl2N2O2. The number of rotatable bonds is 1. The van der Waals surface area contributed by atoms with Crippen LogP contribution in [0.15, 0.2) is 36.4 Å². The molecule has 0 saturated carbocycles. The molecule has 3 rings (SSSR count). The van der Waals surface area contributed by atoms with E-state index in [0.717, 1.165) is 5.56 Å². The highest BCUT2D eigenvalue weighted by atomic mass is 35.5. The van der Waals surface area contributed by atoms with Gasteiger partial charge in [-0.15, -0.1) is 0 Å². The fraction of sp³-hybridized carbons (Fsp3) is 0.235. The summed E-state index contributed by atoms with van der Waals surface area (Å²) in [6.07, 6.45) is -0.101. The summed E-state index contributed by atoms with van der Waals surface area (Å²) in [7, 11) is 0. The van der Waals surface area contributed by atoms with Crippen molar-refractivity contribution in [1.29, 1.82) is 0 Å². The number of benzene rings is 2. The predicted octanol–water partition coefficient (Wildman–Crippen LogP) is 5.12. The van der Waals surface area contributed by atoms with Gasteiger partial charge in [-0.3, -0.25) is 4.90 Å². The molecule has 1 aliphatic heterocycles. The van der Waals surface area contributed by atoms with Crippen LogP contribution in [0.3, 0.4) is 0 Å². The van der Waals surface area contributed by atoms with Gasteiger partial charge >= 0.3 is 6.03 Å². The third kappa shape index (κ3) is 3.38. The molecular weight excluding hydrogens is 335 g/mol. The molecule has 1 heterocycles. The minimum Gasteiger partial charge on any atom is -0.487 e. The van der Waals surface area contributed by atoms with Crippen LogP contribution in [0.5, 0.6) is 5.75 Å². The van der Waals surface area contributed by atoms with E-state index in [0.29, 0.717) is 33.7 Å². The second kappa shape index (κ2) is 6.30. The molecule has 1 N–H and O–H groups in total. The predicted molar refractivity (Wildman–Crippen MR) is 94.1 cm³/mol. The zero-order valence-corrected chi connectivity index (χ0v) is 14.3. The number of halogens is 2. The summed E-state index contributed by atoms with van der Waals surface area (Å²) in [6.45, 7) is 4.27. The molecule has 0 radical (unpaired) electrons. The highest BCUT2D eigenvalue weighted by Gasteiger charge is 2.28. The molecule has 1 aliphatic rings. The number of ether oxygens (including phenoxy) is 1. The largest absolute Gasteiger partial charge is 0.487 e. The van der Waals surface area contributed by atoms with Gasteiger partial charge < -0.3 is 10.1 Å². The molecule has 0 unspecified atom stereocenters. The maximum Gasteiger partial charge on any atom is 0.326 e. The number of hydrogen-bond donors (Lipinski definition) is 1. The van der Waals surface area contributed by atoms with Crippen molar-refractivity contribution in [1.82, 2.24) is 0 Å². The molecule has 0 fully saturated rings. The average Bonchev–Trinajstić information content (AvgIpc) is 2.50. The van der Waals surface area contributed by atoms with Crippen LogP contribution in [0, 0.1) is 6.92 Å². The van der Waals surface area contributed by atoms with Gasteiger partial charge in [0.25, 0.3) is 0 Å². The van der Waals surface area contributed by atoms with Gasteiger partial charge in [0.05, 0.1) is 12.2 Å². The number of fused-ring (bicyclic) bond motifs is 1. The number of amides is 2. The Hall–Kier alpha value is -1.91. The molecule has 2 aromatic carbocycles. The smallest absolute Gasteiger partial charge is 0.326 e. The third-order valence-corrected chi connectivity index (χ3v) is 4.29. The van der Waals surface area contributed by atoms with E-state index in [1.165, 1.54) is 0 Å². The zero-order chi connectivity index (χ0) is 16.6. The first-order valence-electron chi connectivity index (χ1n) is 7.25. The van der Waals surface area contributed by atoms with E-state index < -0.39 is 0 Å². The Labute approximate surface area is 144 Å². The molecule has 0 spiro atoms. The summed E-state index contributed by atoms with van der Waals surface area (Å²) >= 11 is 12.2. The first-order chi connectivity index (χ1) is 10.9. The Morgan fingerprint density at radius 3 is 2.78 bits per heavy atom. The number of urea groups is 1. The Balaban J connectivity index is 1.87. The van der Waals surface area contributed by atoms with Gasteiger partial charge in [-0.2, -0.15) is 0 Å². The number of anilines is 2. The van der Waals surface area contributed by atoms with E-state index in [4.69, 9.17) is 27.9 Å². The molecule has 23 heavy (non-hydrogen) atoms. The monoisotopic (exact) mass is 350 g/mol. The van der Waals surface area contributed by atoms with Gasteiger partial charge in [-0.25, -0.2) is 4.79 Å². The molecule has 120 valence electrons. The first-order valence-corrected chi connectivity index (χ1v) is 8.00. The number of aryl methyl sites for hydroxylation is 1. The second-order valence-corrected chi connectivity index (χ2v) is 6.39. The Kier molecular flexibility index (Phi) is 4.37. The summed E-state index contributed by atoms with van der Waals surface area (Å²) in [5.74, 6) is 0.644. The van der Waals surface area contributed by atoms with Gasteiger partial charge in [0.1, 0.15) is 11.9 Å². The van der Waals surface area contributed by atoms with Gasteiger partial charge in [0.2, 0.25) is 0 Å². The van der Waals surface area contributed by atoms with E-state index in [2.05, 4.69) is 5.32 Å². The normalized spacial score (nSPS) is 16.5. The number of nitrogens with one attached hydrogen (secondary N) is 1. The highest BCUT2D eigenvalue weighted by molar-refractivity contribution is 6.32. The van der Waals surface area contributed by atoms with Crippen molar-refractivity contribution in [3.63, 3.8) is 0 Å². The van der Waals surface area contributed by atoms with Crippen LogP contribution in [0.25, 0.3) is 0 Å². The summed E-state index contributed by atoms with van der Waals surface area (Å²) in [5.41, 5.74) is 2.27. The Bertz CT molecular complexity index is 764. The van der Waals surface area contributed by atoms with E-state index in [1.807, 2.05) is 26.0 Å². The van der Waals surface area contributed by atoms with Crippen LogP contribution in [0.2, 0.25) is 10.0 Å². The standard InChI is InChI=1S/C17H16Cl2N2O2/c1-10-3-5-13(8-14(10)19)20-17(22)21-9-11(2)23-16-6-4-12(18)7-15(16)21/h3-8,11H,9H2,1-2H3,(H,20,22)/t11-/m0/s1.